The van der Waals surface area contributed by atoms with Gasteiger partial charge in [-0.15, -0.1) is 0 Å². The number of aliphatic carboxylic acids is 1. The molecule has 0 radical (unpaired) electrons. The lowest BCUT2D eigenvalue weighted by Crippen LogP contribution is -2.26. The molecule has 0 saturated heterocycles. The number of hydrogen-bond donors (Lipinski definition) is 1. The standard InChI is InChI=1S/C42H40O5/c1-3-30-26-35(32-13-9-6-10-14-32)28-39-37(30)22-19-33-17-18-34(31-11-7-5-8-12-31)27-38(33)41(39)47-24-23-46-36-20-15-29(16-21-36)25-40(42(43)44)45-4-2/h5-22,26-28,40-41H,3-4,23-25H2,1-2H3,(H,43,44). The van der Waals surface area contributed by atoms with E-state index in [2.05, 4.69) is 97.9 Å². The van der Waals surface area contributed by atoms with Crippen LogP contribution in [0.4, 0.5) is 0 Å². The lowest BCUT2D eigenvalue weighted by Gasteiger charge is -2.24. The van der Waals surface area contributed by atoms with Crippen molar-refractivity contribution >= 4 is 18.1 Å². The molecule has 2 atom stereocenters. The molecule has 1 aliphatic carbocycles. The van der Waals surface area contributed by atoms with Gasteiger partial charge in [0.25, 0.3) is 0 Å². The summed E-state index contributed by atoms with van der Waals surface area (Å²) >= 11 is 0. The van der Waals surface area contributed by atoms with Crippen LogP contribution in [0.1, 0.15) is 53.3 Å². The van der Waals surface area contributed by atoms with Crippen molar-refractivity contribution < 1.29 is 24.1 Å². The van der Waals surface area contributed by atoms with Crippen LogP contribution in [0, 0.1) is 0 Å². The summed E-state index contributed by atoms with van der Waals surface area (Å²) in [5.74, 6) is -0.256. The number of fused-ring (bicyclic) bond motifs is 2. The van der Waals surface area contributed by atoms with E-state index in [0.29, 0.717) is 32.0 Å². The van der Waals surface area contributed by atoms with E-state index in [-0.39, 0.29) is 6.10 Å². The van der Waals surface area contributed by atoms with Crippen LogP contribution in [-0.2, 0) is 27.1 Å². The highest BCUT2D eigenvalue weighted by atomic mass is 16.5. The smallest absolute Gasteiger partial charge is 0.333 e. The topological polar surface area (TPSA) is 65.0 Å². The van der Waals surface area contributed by atoms with E-state index in [0.717, 1.165) is 39.8 Å². The zero-order valence-electron chi connectivity index (χ0n) is 26.9. The Morgan fingerprint density at radius 3 is 2.06 bits per heavy atom. The van der Waals surface area contributed by atoms with Crippen molar-refractivity contribution in [1.29, 1.82) is 0 Å². The van der Waals surface area contributed by atoms with Gasteiger partial charge in [-0.05, 0) is 93.2 Å². The third-order valence-electron chi connectivity index (χ3n) is 8.60. The Kier molecular flexibility index (Phi) is 10.3. The summed E-state index contributed by atoms with van der Waals surface area (Å²) in [5, 5.41) is 9.42. The fourth-order valence-corrected chi connectivity index (χ4v) is 6.21. The maximum atomic E-state index is 11.5. The molecule has 0 saturated carbocycles. The van der Waals surface area contributed by atoms with E-state index < -0.39 is 12.1 Å². The van der Waals surface area contributed by atoms with Crippen molar-refractivity contribution in [3.05, 3.63) is 149 Å². The van der Waals surface area contributed by atoms with Gasteiger partial charge < -0.3 is 19.3 Å². The van der Waals surface area contributed by atoms with Gasteiger partial charge in [-0.3, -0.25) is 0 Å². The zero-order chi connectivity index (χ0) is 32.6. The van der Waals surface area contributed by atoms with Crippen molar-refractivity contribution in [2.75, 3.05) is 19.8 Å². The van der Waals surface area contributed by atoms with Crippen LogP contribution >= 0.6 is 0 Å². The molecule has 5 nitrogen and oxygen atoms in total. The first-order chi connectivity index (χ1) is 23.0. The number of rotatable bonds is 13. The average Bonchev–Trinajstić information content (AvgIpc) is 3.27. The molecule has 1 N–H and O–H groups in total. The molecule has 47 heavy (non-hydrogen) atoms. The van der Waals surface area contributed by atoms with Crippen molar-refractivity contribution in [2.45, 2.75) is 38.9 Å². The first-order valence-corrected chi connectivity index (χ1v) is 16.3. The van der Waals surface area contributed by atoms with E-state index in [9.17, 15) is 9.90 Å². The molecule has 5 heteroatoms. The first kappa shape index (κ1) is 32.0. The van der Waals surface area contributed by atoms with Gasteiger partial charge in [0.15, 0.2) is 6.10 Å². The number of ether oxygens (including phenoxy) is 3. The molecule has 5 aromatic rings. The summed E-state index contributed by atoms with van der Waals surface area (Å²) in [6.07, 6.45) is 4.50. The maximum Gasteiger partial charge on any atom is 0.333 e. The fourth-order valence-electron chi connectivity index (χ4n) is 6.21. The van der Waals surface area contributed by atoms with Crippen molar-refractivity contribution in [1.82, 2.24) is 0 Å². The van der Waals surface area contributed by atoms with Gasteiger partial charge in [-0.1, -0.05) is 110 Å². The summed E-state index contributed by atoms with van der Waals surface area (Å²) in [6.45, 7) is 5.10. The zero-order valence-corrected chi connectivity index (χ0v) is 26.9. The second-order valence-electron chi connectivity index (χ2n) is 11.6. The molecule has 0 aliphatic heterocycles. The molecule has 0 bridgehead atoms. The second-order valence-corrected chi connectivity index (χ2v) is 11.6. The molecule has 0 heterocycles. The number of hydrogen-bond acceptors (Lipinski definition) is 4. The second kappa shape index (κ2) is 15.1. The Morgan fingerprint density at radius 1 is 0.723 bits per heavy atom. The molecule has 0 aromatic heterocycles. The van der Waals surface area contributed by atoms with Crippen LogP contribution in [0.2, 0.25) is 0 Å². The van der Waals surface area contributed by atoms with E-state index in [4.69, 9.17) is 14.2 Å². The summed E-state index contributed by atoms with van der Waals surface area (Å²) < 4.78 is 18.3. The van der Waals surface area contributed by atoms with Gasteiger partial charge in [0.2, 0.25) is 0 Å². The predicted octanol–water partition coefficient (Wildman–Crippen LogP) is 9.28. The SMILES string of the molecule is CCOC(Cc1ccc(OCCOC2c3cc(-c4ccccc4)ccc3C=Cc3c(CC)cc(-c4ccccc4)cc32)cc1)C(=O)O. The molecule has 5 aromatic carbocycles. The van der Waals surface area contributed by atoms with Crippen molar-refractivity contribution in [2.24, 2.45) is 0 Å². The minimum atomic E-state index is -0.959. The van der Waals surface area contributed by atoms with Gasteiger partial charge in [0.05, 0.1) is 6.61 Å². The van der Waals surface area contributed by atoms with Crippen LogP contribution in [0.15, 0.2) is 115 Å². The third kappa shape index (κ3) is 7.54. The monoisotopic (exact) mass is 624 g/mol. The van der Waals surface area contributed by atoms with Crippen LogP contribution in [0.5, 0.6) is 5.75 Å². The number of carbonyl (C=O) groups is 1. The largest absolute Gasteiger partial charge is 0.491 e. The maximum absolute atomic E-state index is 11.5. The molecular formula is C42H40O5. The van der Waals surface area contributed by atoms with Gasteiger partial charge in [-0.2, -0.15) is 0 Å². The molecule has 238 valence electrons. The van der Waals surface area contributed by atoms with E-state index in [1.165, 1.54) is 22.3 Å². The average molecular weight is 625 g/mol. The third-order valence-corrected chi connectivity index (χ3v) is 8.60. The summed E-state index contributed by atoms with van der Waals surface area (Å²) in [4.78, 5) is 11.5. The van der Waals surface area contributed by atoms with Crippen LogP contribution in [0.3, 0.4) is 0 Å². The molecule has 6 rings (SSSR count). The lowest BCUT2D eigenvalue weighted by molar-refractivity contribution is -0.149. The summed E-state index contributed by atoms with van der Waals surface area (Å²) in [6, 6.07) is 39.7. The number of carboxylic acid groups (broad SMARTS) is 1. The highest BCUT2D eigenvalue weighted by Crippen LogP contribution is 2.41. The van der Waals surface area contributed by atoms with Crippen molar-refractivity contribution in [3.63, 3.8) is 0 Å². The van der Waals surface area contributed by atoms with E-state index in [1.807, 2.05) is 36.4 Å². The molecule has 0 amide bonds. The molecule has 2 unspecified atom stereocenters. The Balaban J connectivity index is 1.28. The van der Waals surface area contributed by atoms with Gasteiger partial charge in [0, 0.05) is 13.0 Å². The number of carboxylic acids is 1. The van der Waals surface area contributed by atoms with Gasteiger partial charge >= 0.3 is 5.97 Å². The highest BCUT2D eigenvalue weighted by Gasteiger charge is 2.25. The predicted molar refractivity (Wildman–Crippen MR) is 189 cm³/mol. The number of benzene rings is 5. The van der Waals surface area contributed by atoms with E-state index in [1.54, 1.807) is 6.92 Å². The minimum absolute atomic E-state index is 0.301. The first-order valence-electron chi connectivity index (χ1n) is 16.3. The molecular weight excluding hydrogens is 584 g/mol. The lowest BCUT2D eigenvalue weighted by atomic mass is 9.88. The van der Waals surface area contributed by atoms with Crippen LogP contribution < -0.4 is 4.74 Å². The summed E-state index contributed by atoms with van der Waals surface area (Å²) in [7, 11) is 0. The van der Waals surface area contributed by atoms with Gasteiger partial charge in [-0.25, -0.2) is 4.79 Å². The Hall–Kier alpha value is -4.97. The number of aryl methyl sites for hydroxylation is 1. The van der Waals surface area contributed by atoms with Crippen LogP contribution in [0.25, 0.3) is 34.4 Å². The molecule has 0 fully saturated rings. The summed E-state index contributed by atoms with van der Waals surface area (Å²) in [5.41, 5.74) is 11.4. The molecule has 0 spiro atoms. The van der Waals surface area contributed by atoms with Crippen LogP contribution in [-0.4, -0.2) is 37.0 Å². The van der Waals surface area contributed by atoms with Crippen molar-refractivity contribution in [3.8, 4) is 28.0 Å². The fraction of sp³-hybridized carbons (Fsp3) is 0.214. The Bertz CT molecular complexity index is 1830. The van der Waals surface area contributed by atoms with E-state index >= 15 is 0 Å². The molecule has 1 aliphatic rings. The Morgan fingerprint density at radius 2 is 1.40 bits per heavy atom. The highest BCUT2D eigenvalue weighted by molar-refractivity contribution is 5.82. The minimum Gasteiger partial charge on any atom is -0.491 e. The van der Waals surface area contributed by atoms with Gasteiger partial charge in [0.1, 0.15) is 18.5 Å². The normalized spacial score (nSPS) is 14.1. The quantitative estimate of drug-likeness (QED) is 0.132. The Labute approximate surface area is 277 Å².